The van der Waals surface area contributed by atoms with Gasteiger partial charge in [-0.25, -0.2) is 8.42 Å². The SMILES string of the molecule is Cl.NCC1CCN(S(=O)(=O)c2ccccc2-c2ccccc2)C1. The molecular weight excluding hydrogens is 332 g/mol. The van der Waals surface area contributed by atoms with Crippen LogP contribution in [0.15, 0.2) is 59.5 Å². The molecule has 6 heteroatoms. The third-order valence-electron chi connectivity index (χ3n) is 4.17. The van der Waals surface area contributed by atoms with Crippen LogP contribution in [0.2, 0.25) is 0 Å². The lowest BCUT2D eigenvalue weighted by atomic mass is 10.1. The first-order valence-corrected chi connectivity index (χ1v) is 8.91. The Bertz CT molecular complexity index is 750. The second-order valence-corrected chi connectivity index (χ2v) is 7.52. The van der Waals surface area contributed by atoms with E-state index in [1.165, 1.54) is 0 Å². The maximum absolute atomic E-state index is 13.0. The summed E-state index contributed by atoms with van der Waals surface area (Å²) in [5.74, 6) is 0.263. The predicted octanol–water partition coefficient (Wildman–Crippen LogP) is 2.74. The lowest BCUT2D eigenvalue weighted by Crippen LogP contribution is -2.30. The third kappa shape index (κ3) is 3.58. The first-order chi connectivity index (χ1) is 10.6. The molecule has 1 heterocycles. The zero-order valence-corrected chi connectivity index (χ0v) is 14.4. The smallest absolute Gasteiger partial charge is 0.243 e. The number of nitrogens with zero attached hydrogens (tertiary/aromatic N) is 1. The van der Waals surface area contributed by atoms with Gasteiger partial charge in [0.2, 0.25) is 10.0 Å². The summed E-state index contributed by atoms with van der Waals surface area (Å²) in [4.78, 5) is 0.374. The van der Waals surface area contributed by atoms with Crippen molar-refractivity contribution in [2.24, 2.45) is 11.7 Å². The molecule has 1 unspecified atom stereocenters. The molecule has 2 aromatic rings. The van der Waals surface area contributed by atoms with Gasteiger partial charge in [0.15, 0.2) is 0 Å². The van der Waals surface area contributed by atoms with Gasteiger partial charge >= 0.3 is 0 Å². The maximum atomic E-state index is 13.0. The highest BCUT2D eigenvalue weighted by atomic mass is 35.5. The number of nitrogens with two attached hydrogens (primary N) is 1. The maximum Gasteiger partial charge on any atom is 0.243 e. The van der Waals surface area contributed by atoms with Crippen LogP contribution in [-0.4, -0.2) is 32.4 Å². The van der Waals surface area contributed by atoms with Gasteiger partial charge in [-0.2, -0.15) is 4.31 Å². The summed E-state index contributed by atoms with van der Waals surface area (Å²) >= 11 is 0. The lowest BCUT2D eigenvalue weighted by molar-refractivity contribution is 0.459. The van der Waals surface area contributed by atoms with Crippen molar-refractivity contribution in [3.8, 4) is 11.1 Å². The van der Waals surface area contributed by atoms with Gasteiger partial charge in [0, 0.05) is 18.7 Å². The first kappa shape index (κ1) is 17.9. The molecule has 1 saturated heterocycles. The molecule has 2 N–H and O–H groups in total. The highest BCUT2D eigenvalue weighted by Gasteiger charge is 2.33. The van der Waals surface area contributed by atoms with Gasteiger partial charge in [0.05, 0.1) is 4.90 Å². The Kier molecular flexibility index (Phi) is 5.81. The summed E-state index contributed by atoms with van der Waals surface area (Å²) in [7, 11) is -3.48. The van der Waals surface area contributed by atoms with Crippen molar-refractivity contribution in [3.05, 3.63) is 54.6 Å². The summed E-state index contributed by atoms with van der Waals surface area (Å²) in [6.45, 7) is 1.60. The number of hydrogen-bond acceptors (Lipinski definition) is 3. The molecule has 3 rings (SSSR count). The van der Waals surface area contributed by atoms with E-state index in [1.54, 1.807) is 16.4 Å². The average molecular weight is 353 g/mol. The number of halogens is 1. The van der Waals surface area contributed by atoms with Gasteiger partial charge in [-0.1, -0.05) is 48.5 Å². The second kappa shape index (κ2) is 7.45. The molecule has 1 aliphatic rings. The minimum atomic E-state index is -3.48. The van der Waals surface area contributed by atoms with Gasteiger partial charge in [0.1, 0.15) is 0 Å². The largest absolute Gasteiger partial charge is 0.330 e. The highest BCUT2D eigenvalue weighted by Crippen LogP contribution is 2.31. The summed E-state index contributed by atoms with van der Waals surface area (Å²) in [5.41, 5.74) is 7.34. The molecule has 0 saturated carbocycles. The number of benzene rings is 2. The lowest BCUT2D eigenvalue weighted by Gasteiger charge is -2.19. The molecule has 124 valence electrons. The van der Waals surface area contributed by atoms with Crippen molar-refractivity contribution < 1.29 is 8.42 Å². The van der Waals surface area contributed by atoms with E-state index in [0.29, 0.717) is 24.5 Å². The number of sulfonamides is 1. The van der Waals surface area contributed by atoms with E-state index in [9.17, 15) is 8.42 Å². The van der Waals surface area contributed by atoms with Crippen molar-refractivity contribution in [1.82, 2.24) is 4.31 Å². The van der Waals surface area contributed by atoms with E-state index < -0.39 is 10.0 Å². The molecule has 0 radical (unpaired) electrons. The first-order valence-electron chi connectivity index (χ1n) is 7.47. The van der Waals surface area contributed by atoms with E-state index in [2.05, 4.69) is 0 Å². The quantitative estimate of drug-likeness (QED) is 0.920. The van der Waals surface area contributed by atoms with Crippen molar-refractivity contribution in [3.63, 3.8) is 0 Å². The Labute approximate surface area is 143 Å². The summed E-state index contributed by atoms with van der Waals surface area (Å²) in [6, 6.07) is 16.8. The van der Waals surface area contributed by atoms with Gasteiger partial charge in [0.25, 0.3) is 0 Å². The Balaban J connectivity index is 0.00000192. The summed E-state index contributed by atoms with van der Waals surface area (Å²) < 4.78 is 27.5. The van der Waals surface area contributed by atoms with Crippen molar-refractivity contribution >= 4 is 22.4 Å². The molecule has 0 aromatic heterocycles. The molecule has 0 aliphatic carbocycles. The van der Waals surface area contributed by atoms with Crippen LogP contribution < -0.4 is 5.73 Å². The van der Waals surface area contributed by atoms with E-state index in [4.69, 9.17) is 5.73 Å². The molecule has 0 bridgehead atoms. The Morgan fingerprint density at radius 3 is 2.35 bits per heavy atom. The molecule has 0 spiro atoms. The molecule has 1 fully saturated rings. The minimum absolute atomic E-state index is 0. The van der Waals surface area contributed by atoms with E-state index >= 15 is 0 Å². The fourth-order valence-electron chi connectivity index (χ4n) is 2.89. The normalized spacial score (nSPS) is 18.6. The molecule has 0 amide bonds. The fourth-order valence-corrected chi connectivity index (χ4v) is 4.64. The minimum Gasteiger partial charge on any atom is -0.330 e. The third-order valence-corrected chi connectivity index (χ3v) is 6.09. The molecule has 1 aliphatic heterocycles. The van der Waals surface area contributed by atoms with E-state index in [0.717, 1.165) is 17.5 Å². The van der Waals surface area contributed by atoms with Crippen molar-refractivity contribution in [2.45, 2.75) is 11.3 Å². The highest BCUT2D eigenvalue weighted by molar-refractivity contribution is 7.89. The number of hydrogen-bond donors (Lipinski definition) is 1. The fraction of sp³-hybridized carbons (Fsp3) is 0.294. The van der Waals surface area contributed by atoms with Crippen LogP contribution in [-0.2, 0) is 10.0 Å². The molecule has 2 aromatic carbocycles. The molecular formula is C17H21ClN2O2S. The van der Waals surface area contributed by atoms with Gasteiger partial charge < -0.3 is 5.73 Å². The van der Waals surface area contributed by atoms with Crippen molar-refractivity contribution in [2.75, 3.05) is 19.6 Å². The van der Waals surface area contributed by atoms with Crippen LogP contribution in [0.5, 0.6) is 0 Å². The predicted molar refractivity (Wildman–Crippen MR) is 95.0 cm³/mol. The summed E-state index contributed by atoms with van der Waals surface area (Å²) in [6.07, 6.45) is 0.837. The standard InChI is InChI=1S/C17H20N2O2S.ClH/c18-12-14-10-11-19(13-14)22(20,21)17-9-5-4-8-16(17)15-6-2-1-3-7-15;/h1-9,14H,10-13,18H2;1H. The van der Waals surface area contributed by atoms with Crippen LogP contribution in [0.3, 0.4) is 0 Å². The Hall–Kier alpha value is -1.40. The monoisotopic (exact) mass is 352 g/mol. The number of rotatable bonds is 4. The molecule has 4 nitrogen and oxygen atoms in total. The Morgan fingerprint density at radius 1 is 1.04 bits per heavy atom. The van der Waals surface area contributed by atoms with Gasteiger partial charge in [-0.15, -0.1) is 12.4 Å². The van der Waals surface area contributed by atoms with Crippen LogP contribution >= 0.6 is 12.4 Å². The average Bonchev–Trinajstić information content (AvgIpc) is 3.06. The van der Waals surface area contributed by atoms with Gasteiger partial charge in [-0.05, 0) is 30.5 Å². The topological polar surface area (TPSA) is 63.4 Å². The van der Waals surface area contributed by atoms with Crippen molar-refractivity contribution in [1.29, 1.82) is 0 Å². The van der Waals surface area contributed by atoms with Crippen LogP contribution in [0.4, 0.5) is 0 Å². The molecule has 23 heavy (non-hydrogen) atoms. The van der Waals surface area contributed by atoms with Crippen LogP contribution in [0.1, 0.15) is 6.42 Å². The van der Waals surface area contributed by atoms with Gasteiger partial charge in [-0.3, -0.25) is 0 Å². The molecule has 1 atom stereocenters. The summed E-state index contributed by atoms with van der Waals surface area (Å²) in [5, 5.41) is 0. The van der Waals surface area contributed by atoms with E-state index in [1.807, 2.05) is 42.5 Å². The van der Waals surface area contributed by atoms with Crippen LogP contribution in [0.25, 0.3) is 11.1 Å². The zero-order chi connectivity index (χ0) is 15.6. The second-order valence-electron chi connectivity index (χ2n) is 5.62. The Morgan fingerprint density at radius 2 is 1.70 bits per heavy atom. The zero-order valence-electron chi connectivity index (χ0n) is 12.8. The van der Waals surface area contributed by atoms with Crippen LogP contribution in [0, 0.1) is 5.92 Å². The van der Waals surface area contributed by atoms with E-state index in [-0.39, 0.29) is 18.3 Å².